The summed E-state index contributed by atoms with van der Waals surface area (Å²) in [5, 5.41) is 23.0. The van der Waals surface area contributed by atoms with Gasteiger partial charge in [0.2, 0.25) is 5.82 Å². The molecule has 1 aromatic carbocycles. The zero-order chi connectivity index (χ0) is 16.9. The van der Waals surface area contributed by atoms with Gasteiger partial charge in [-0.2, -0.15) is 5.21 Å². The molecule has 0 aliphatic rings. The fourth-order valence-corrected chi connectivity index (χ4v) is 2.31. The number of H-pyrrole nitrogens is 2. The Labute approximate surface area is 138 Å². The Morgan fingerprint density at radius 3 is 2.71 bits per heavy atom. The Morgan fingerprint density at radius 2 is 2.04 bits per heavy atom. The van der Waals surface area contributed by atoms with Crippen LogP contribution in [0.4, 0.5) is 0 Å². The average Bonchev–Trinajstić information content (AvgIpc) is 3.25. The van der Waals surface area contributed by atoms with Gasteiger partial charge < -0.3 is 10.1 Å². The molecule has 0 spiro atoms. The summed E-state index contributed by atoms with van der Waals surface area (Å²) in [4.78, 5) is 14.6. The molecule has 0 fully saturated rings. The standard InChI is InChI=1S/C17H17N5O2/c1-11(23)13-4-2-12(3-5-13)10-15-7-6-14(18-15)8-9-16(24)17-19-21-22-20-17/h2-9,16,18,24H,10H2,1H3,(H,19,20,21,22). The van der Waals surface area contributed by atoms with Gasteiger partial charge in [-0.25, -0.2) is 0 Å². The molecule has 7 nitrogen and oxygen atoms in total. The molecule has 3 N–H and O–H groups in total. The summed E-state index contributed by atoms with van der Waals surface area (Å²) in [5.41, 5.74) is 3.74. The number of aliphatic hydroxyl groups is 1. The molecular formula is C17H17N5O2. The summed E-state index contributed by atoms with van der Waals surface area (Å²) in [6, 6.07) is 11.5. The molecule has 0 aliphatic carbocycles. The monoisotopic (exact) mass is 323 g/mol. The number of hydrogen-bond acceptors (Lipinski definition) is 5. The number of nitrogens with one attached hydrogen (secondary N) is 2. The molecular weight excluding hydrogens is 306 g/mol. The SMILES string of the molecule is CC(=O)c1ccc(Cc2ccc(C=CC(O)c3nn[nH]n3)[nH]2)cc1. The Bertz CT molecular complexity index is 834. The molecule has 24 heavy (non-hydrogen) atoms. The van der Waals surface area contributed by atoms with E-state index in [-0.39, 0.29) is 11.6 Å². The minimum absolute atomic E-state index is 0.0639. The molecule has 0 aliphatic heterocycles. The van der Waals surface area contributed by atoms with E-state index in [1.54, 1.807) is 19.1 Å². The molecule has 0 amide bonds. The van der Waals surface area contributed by atoms with Crippen molar-refractivity contribution < 1.29 is 9.90 Å². The van der Waals surface area contributed by atoms with Gasteiger partial charge in [0.05, 0.1) is 0 Å². The van der Waals surface area contributed by atoms with Gasteiger partial charge in [0.15, 0.2) is 5.78 Å². The summed E-state index contributed by atoms with van der Waals surface area (Å²) < 4.78 is 0. The molecule has 3 rings (SSSR count). The number of rotatable bonds is 6. The normalized spacial score (nSPS) is 12.6. The van der Waals surface area contributed by atoms with Crippen molar-refractivity contribution in [1.82, 2.24) is 25.6 Å². The van der Waals surface area contributed by atoms with Gasteiger partial charge in [0, 0.05) is 23.4 Å². The van der Waals surface area contributed by atoms with E-state index in [4.69, 9.17) is 0 Å². The topological polar surface area (TPSA) is 108 Å². The van der Waals surface area contributed by atoms with Crippen molar-refractivity contribution in [2.45, 2.75) is 19.4 Å². The first-order valence-electron chi connectivity index (χ1n) is 7.49. The first kappa shape index (κ1) is 15.8. The van der Waals surface area contributed by atoms with E-state index in [9.17, 15) is 9.90 Å². The summed E-state index contributed by atoms with van der Waals surface area (Å²) in [6.45, 7) is 1.56. The first-order valence-corrected chi connectivity index (χ1v) is 7.49. The maximum atomic E-state index is 11.3. The van der Waals surface area contributed by atoms with E-state index in [0.29, 0.717) is 5.56 Å². The molecule has 1 atom stereocenters. The average molecular weight is 323 g/mol. The summed E-state index contributed by atoms with van der Waals surface area (Å²) >= 11 is 0. The second kappa shape index (κ2) is 7.01. The van der Waals surface area contributed by atoms with E-state index in [1.807, 2.05) is 36.4 Å². The van der Waals surface area contributed by atoms with E-state index in [1.165, 1.54) is 0 Å². The predicted molar refractivity (Wildman–Crippen MR) is 88.2 cm³/mol. The number of carbonyl (C=O) groups is 1. The second-order valence-electron chi connectivity index (χ2n) is 5.44. The number of aromatic nitrogens is 5. The van der Waals surface area contributed by atoms with Crippen molar-refractivity contribution in [3.8, 4) is 0 Å². The van der Waals surface area contributed by atoms with Crippen molar-refractivity contribution >= 4 is 11.9 Å². The Balaban J connectivity index is 1.64. The van der Waals surface area contributed by atoms with Gasteiger partial charge in [0.25, 0.3) is 0 Å². The van der Waals surface area contributed by atoms with Crippen LogP contribution in [-0.4, -0.2) is 36.5 Å². The van der Waals surface area contributed by atoms with Crippen molar-refractivity contribution in [3.63, 3.8) is 0 Å². The third kappa shape index (κ3) is 3.82. The fraction of sp³-hybridized carbons (Fsp3) is 0.176. The molecule has 1 unspecified atom stereocenters. The molecule has 7 heteroatoms. The molecule has 2 aromatic heterocycles. The fourth-order valence-electron chi connectivity index (χ4n) is 2.31. The Hall–Kier alpha value is -3.06. The highest BCUT2D eigenvalue weighted by Gasteiger charge is 2.08. The highest BCUT2D eigenvalue weighted by atomic mass is 16.3. The Kier molecular flexibility index (Phi) is 4.62. The number of aromatic amines is 2. The number of Topliss-reactive ketones (excluding diaryl/α,β-unsaturated/α-hetero) is 1. The van der Waals surface area contributed by atoms with Crippen LogP contribution in [0.25, 0.3) is 6.08 Å². The summed E-state index contributed by atoms with van der Waals surface area (Å²) in [7, 11) is 0. The maximum absolute atomic E-state index is 11.3. The number of carbonyl (C=O) groups excluding carboxylic acids is 1. The van der Waals surface area contributed by atoms with Gasteiger partial charge >= 0.3 is 0 Å². The lowest BCUT2D eigenvalue weighted by molar-refractivity contribution is 0.101. The molecule has 122 valence electrons. The lowest BCUT2D eigenvalue weighted by Crippen LogP contribution is -1.96. The first-order chi connectivity index (χ1) is 11.6. The lowest BCUT2D eigenvalue weighted by Gasteiger charge is -2.01. The van der Waals surface area contributed by atoms with Gasteiger partial charge in [-0.1, -0.05) is 29.5 Å². The van der Waals surface area contributed by atoms with Crippen LogP contribution >= 0.6 is 0 Å². The Morgan fingerprint density at radius 1 is 1.25 bits per heavy atom. The van der Waals surface area contributed by atoms with Gasteiger partial charge in [0.1, 0.15) is 6.10 Å². The quantitative estimate of drug-likeness (QED) is 0.602. The minimum atomic E-state index is -0.908. The van der Waals surface area contributed by atoms with E-state index in [0.717, 1.165) is 23.4 Å². The van der Waals surface area contributed by atoms with Gasteiger partial charge in [-0.15, -0.1) is 10.2 Å². The number of aliphatic hydroxyl groups excluding tert-OH is 1. The molecule has 0 saturated heterocycles. The highest BCUT2D eigenvalue weighted by molar-refractivity contribution is 5.94. The number of ketones is 1. The van der Waals surface area contributed by atoms with Crippen LogP contribution in [0.1, 0.15) is 46.2 Å². The smallest absolute Gasteiger partial charge is 0.206 e. The third-order valence-corrected chi connectivity index (χ3v) is 3.61. The molecule has 3 aromatic rings. The maximum Gasteiger partial charge on any atom is 0.206 e. The van der Waals surface area contributed by atoms with Crippen LogP contribution < -0.4 is 0 Å². The van der Waals surface area contributed by atoms with Crippen LogP contribution in [-0.2, 0) is 6.42 Å². The van der Waals surface area contributed by atoms with Crippen LogP contribution in [0.15, 0.2) is 42.5 Å². The van der Waals surface area contributed by atoms with Crippen LogP contribution in [0.5, 0.6) is 0 Å². The van der Waals surface area contributed by atoms with Gasteiger partial charge in [-0.3, -0.25) is 4.79 Å². The van der Waals surface area contributed by atoms with Gasteiger partial charge in [-0.05, 0) is 36.8 Å². The molecule has 2 heterocycles. The predicted octanol–water partition coefficient (Wildman–Crippen LogP) is 2.07. The number of nitrogens with zero attached hydrogens (tertiary/aromatic N) is 3. The van der Waals surface area contributed by atoms with Crippen LogP contribution in [0, 0.1) is 0 Å². The van der Waals surface area contributed by atoms with E-state index >= 15 is 0 Å². The van der Waals surface area contributed by atoms with Crippen molar-refractivity contribution in [3.05, 3.63) is 70.8 Å². The molecule has 0 radical (unpaired) electrons. The highest BCUT2D eigenvalue weighted by Crippen LogP contribution is 2.14. The minimum Gasteiger partial charge on any atom is -0.381 e. The number of benzene rings is 1. The van der Waals surface area contributed by atoms with Crippen molar-refractivity contribution in [2.24, 2.45) is 0 Å². The molecule has 0 saturated carbocycles. The molecule has 0 bridgehead atoms. The zero-order valence-electron chi connectivity index (χ0n) is 13.1. The van der Waals surface area contributed by atoms with Crippen molar-refractivity contribution in [1.29, 1.82) is 0 Å². The van der Waals surface area contributed by atoms with Crippen LogP contribution in [0.3, 0.4) is 0 Å². The zero-order valence-corrected chi connectivity index (χ0v) is 13.1. The third-order valence-electron chi connectivity index (χ3n) is 3.61. The van der Waals surface area contributed by atoms with Crippen molar-refractivity contribution in [2.75, 3.05) is 0 Å². The second-order valence-corrected chi connectivity index (χ2v) is 5.44. The van der Waals surface area contributed by atoms with E-state index < -0.39 is 6.10 Å². The van der Waals surface area contributed by atoms with E-state index in [2.05, 4.69) is 25.6 Å². The lowest BCUT2D eigenvalue weighted by atomic mass is 10.1. The summed E-state index contributed by atoms with van der Waals surface area (Å²) in [5.74, 6) is 0.289. The largest absolute Gasteiger partial charge is 0.381 e. The number of tetrazole rings is 1. The summed E-state index contributed by atoms with van der Waals surface area (Å²) in [6.07, 6.45) is 3.18. The number of hydrogen-bond donors (Lipinski definition) is 3. The van der Waals surface area contributed by atoms with Crippen LogP contribution in [0.2, 0.25) is 0 Å².